The van der Waals surface area contributed by atoms with Crippen LogP contribution < -0.4 is 10.6 Å². The standard InChI is InChI=1S/C20H30N6/c1-16-24-25-19(26(16)2)15-22-20(23-18-12-6-7-13-18)21-14-8-11-17-9-4-3-5-10-17/h3-5,9-10,18H,6-8,11-15H2,1-2H3,(H2,21,22,23). The zero-order valence-corrected chi connectivity index (χ0v) is 15.9. The molecular formula is C20H30N6. The lowest BCUT2D eigenvalue weighted by Crippen LogP contribution is -2.42. The molecule has 2 N–H and O–H groups in total. The summed E-state index contributed by atoms with van der Waals surface area (Å²) in [6.07, 6.45) is 7.23. The van der Waals surface area contributed by atoms with Crippen LogP contribution in [0.25, 0.3) is 0 Å². The van der Waals surface area contributed by atoms with Crippen LogP contribution in [0.3, 0.4) is 0 Å². The molecule has 0 aliphatic heterocycles. The van der Waals surface area contributed by atoms with Gasteiger partial charge in [0, 0.05) is 19.6 Å². The van der Waals surface area contributed by atoms with E-state index >= 15 is 0 Å². The maximum atomic E-state index is 4.75. The SMILES string of the molecule is Cc1nnc(CN=C(NCCCc2ccccc2)NC2CCCC2)n1C. The molecule has 0 saturated heterocycles. The van der Waals surface area contributed by atoms with Crippen molar-refractivity contribution in [3.63, 3.8) is 0 Å². The Morgan fingerprint density at radius 3 is 2.65 bits per heavy atom. The van der Waals surface area contributed by atoms with E-state index in [9.17, 15) is 0 Å². The van der Waals surface area contributed by atoms with E-state index in [1.807, 2.05) is 18.5 Å². The van der Waals surface area contributed by atoms with Gasteiger partial charge in [-0.3, -0.25) is 0 Å². The predicted octanol–water partition coefficient (Wildman–Crippen LogP) is 2.73. The molecule has 0 amide bonds. The number of nitrogens with one attached hydrogen (secondary N) is 2. The van der Waals surface area contributed by atoms with E-state index in [2.05, 4.69) is 51.2 Å². The first-order valence-corrected chi connectivity index (χ1v) is 9.66. The van der Waals surface area contributed by atoms with Gasteiger partial charge in [-0.2, -0.15) is 0 Å². The van der Waals surface area contributed by atoms with Gasteiger partial charge < -0.3 is 15.2 Å². The summed E-state index contributed by atoms with van der Waals surface area (Å²) in [7, 11) is 1.98. The van der Waals surface area contributed by atoms with Gasteiger partial charge in [-0.15, -0.1) is 10.2 Å². The van der Waals surface area contributed by atoms with Crippen LogP contribution in [0.5, 0.6) is 0 Å². The van der Waals surface area contributed by atoms with Gasteiger partial charge in [0.05, 0.1) is 0 Å². The van der Waals surface area contributed by atoms with E-state index < -0.39 is 0 Å². The van der Waals surface area contributed by atoms with Gasteiger partial charge >= 0.3 is 0 Å². The van der Waals surface area contributed by atoms with Crippen LogP contribution in [0.2, 0.25) is 0 Å². The molecule has 1 heterocycles. The molecule has 26 heavy (non-hydrogen) atoms. The summed E-state index contributed by atoms with van der Waals surface area (Å²) < 4.78 is 1.99. The van der Waals surface area contributed by atoms with Gasteiger partial charge in [-0.05, 0) is 38.2 Å². The third-order valence-electron chi connectivity index (χ3n) is 5.03. The normalized spacial score (nSPS) is 15.4. The number of benzene rings is 1. The zero-order chi connectivity index (χ0) is 18.2. The second-order valence-electron chi connectivity index (χ2n) is 7.03. The summed E-state index contributed by atoms with van der Waals surface area (Å²) in [6, 6.07) is 11.2. The maximum absolute atomic E-state index is 4.75. The molecule has 0 bridgehead atoms. The Bertz CT molecular complexity index is 700. The van der Waals surface area contributed by atoms with Crippen LogP contribution in [0.1, 0.15) is 49.3 Å². The fourth-order valence-corrected chi connectivity index (χ4v) is 3.30. The second-order valence-corrected chi connectivity index (χ2v) is 7.03. The number of guanidine groups is 1. The van der Waals surface area contributed by atoms with Crippen molar-refractivity contribution in [1.29, 1.82) is 0 Å². The minimum absolute atomic E-state index is 0.539. The van der Waals surface area contributed by atoms with Crippen molar-refractivity contribution in [3.05, 3.63) is 47.5 Å². The van der Waals surface area contributed by atoms with E-state index in [-0.39, 0.29) is 0 Å². The largest absolute Gasteiger partial charge is 0.356 e. The smallest absolute Gasteiger partial charge is 0.191 e. The zero-order valence-electron chi connectivity index (χ0n) is 15.9. The molecule has 6 nitrogen and oxygen atoms in total. The number of aryl methyl sites for hydroxylation is 2. The van der Waals surface area contributed by atoms with E-state index in [4.69, 9.17) is 4.99 Å². The molecular weight excluding hydrogens is 324 g/mol. The van der Waals surface area contributed by atoms with Crippen molar-refractivity contribution in [3.8, 4) is 0 Å². The van der Waals surface area contributed by atoms with Crippen molar-refractivity contribution in [2.45, 2.75) is 58.0 Å². The lowest BCUT2D eigenvalue weighted by Gasteiger charge is -2.17. The Balaban J connectivity index is 1.53. The summed E-state index contributed by atoms with van der Waals surface area (Å²) in [5.41, 5.74) is 1.38. The molecule has 3 rings (SSSR count). The van der Waals surface area contributed by atoms with E-state index in [1.165, 1.54) is 31.2 Å². The Morgan fingerprint density at radius 1 is 1.19 bits per heavy atom. The third kappa shape index (κ3) is 5.31. The van der Waals surface area contributed by atoms with Crippen LogP contribution >= 0.6 is 0 Å². The number of aromatic nitrogens is 3. The van der Waals surface area contributed by atoms with Gasteiger partial charge in [0.1, 0.15) is 12.4 Å². The Kier molecular flexibility index (Phi) is 6.63. The van der Waals surface area contributed by atoms with E-state index in [1.54, 1.807) is 0 Å². The second kappa shape index (κ2) is 9.36. The molecule has 1 aromatic heterocycles. The maximum Gasteiger partial charge on any atom is 0.191 e. The van der Waals surface area contributed by atoms with Crippen molar-refractivity contribution in [2.24, 2.45) is 12.0 Å². The number of aliphatic imine (C=N–C) groups is 1. The highest BCUT2D eigenvalue weighted by Gasteiger charge is 2.16. The average Bonchev–Trinajstić information content (AvgIpc) is 3.28. The lowest BCUT2D eigenvalue weighted by atomic mass is 10.1. The number of nitrogens with zero attached hydrogens (tertiary/aromatic N) is 4. The Labute approximate surface area is 156 Å². The van der Waals surface area contributed by atoms with Gasteiger partial charge in [0.15, 0.2) is 11.8 Å². The third-order valence-corrected chi connectivity index (χ3v) is 5.03. The molecule has 6 heteroatoms. The topological polar surface area (TPSA) is 67.1 Å². The van der Waals surface area contributed by atoms with Gasteiger partial charge in [0.2, 0.25) is 0 Å². The number of hydrogen-bond acceptors (Lipinski definition) is 3. The molecule has 1 aromatic carbocycles. The molecule has 2 aromatic rings. The fourth-order valence-electron chi connectivity index (χ4n) is 3.30. The quantitative estimate of drug-likeness (QED) is 0.456. The van der Waals surface area contributed by atoms with Gasteiger partial charge in [0.25, 0.3) is 0 Å². The van der Waals surface area contributed by atoms with E-state index in [0.717, 1.165) is 37.0 Å². The lowest BCUT2D eigenvalue weighted by molar-refractivity contribution is 0.607. The minimum Gasteiger partial charge on any atom is -0.356 e. The van der Waals surface area contributed by atoms with E-state index in [0.29, 0.717) is 12.6 Å². The van der Waals surface area contributed by atoms with Gasteiger partial charge in [-0.1, -0.05) is 43.2 Å². The van der Waals surface area contributed by atoms with Crippen molar-refractivity contribution in [2.75, 3.05) is 6.54 Å². The van der Waals surface area contributed by atoms with Crippen molar-refractivity contribution in [1.82, 2.24) is 25.4 Å². The highest BCUT2D eigenvalue weighted by atomic mass is 15.3. The van der Waals surface area contributed by atoms with Crippen LogP contribution in [-0.2, 0) is 20.0 Å². The first-order valence-electron chi connectivity index (χ1n) is 9.66. The summed E-state index contributed by atoms with van der Waals surface area (Å²) in [5, 5.41) is 15.4. The Hall–Kier alpha value is -2.37. The number of rotatable bonds is 7. The molecule has 0 unspecified atom stereocenters. The monoisotopic (exact) mass is 354 g/mol. The van der Waals surface area contributed by atoms with Crippen molar-refractivity contribution >= 4 is 5.96 Å². The summed E-state index contributed by atoms with van der Waals surface area (Å²) in [4.78, 5) is 4.75. The van der Waals surface area contributed by atoms with Crippen molar-refractivity contribution < 1.29 is 0 Å². The van der Waals surface area contributed by atoms with Crippen LogP contribution in [0.15, 0.2) is 35.3 Å². The molecule has 0 atom stereocenters. The molecule has 0 radical (unpaired) electrons. The van der Waals surface area contributed by atoms with Crippen LogP contribution in [-0.4, -0.2) is 33.3 Å². The first kappa shape index (κ1) is 18.4. The highest BCUT2D eigenvalue weighted by molar-refractivity contribution is 5.80. The van der Waals surface area contributed by atoms with Crippen LogP contribution in [0.4, 0.5) is 0 Å². The number of hydrogen-bond donors (Lipinski definition) is 2. The molecule has 1 aliphatic rings. The molecule has 1 saturated carbocycles. The molecule has 0 spiro atoms. The van der Waals surface area contributed by atoms with Gasteiger partial charge in [-0.25, -0.2) is 4.99 Å². The average molecular weight is 355 g/mol. The summed E-state index contributed by atoms with van der Waals surface area (Å²) in [5.74, 6) is 2.70. The molecule has 1 aliphatic carbocycles. The summed E-state index contributed by atoms with van der Waals surface area (Å²) >= 11 is 0. The fraction of sp³-hybridized carbons (Fsp3) is 0.550. The highest BCUT2D eigenvalue weighted by Crippen LogP contribution is 2.17. The summed E-state index contributed by atoms with van der Waals surface area (Å²) in [6.45, 7) is 3.41. The Morgan fingerprint density at radius 2 is 1.96 bits per heavy atom. The predicted molar refractivity (Wildman–Crippen MR) is 105 cm³/mol. The first-order chi connectivity index (χ1) is 12.7. The molecule has 1 fully saturated rings. The minimum atomic E-state index is 0.539. The van der Waals surface area contributed by atoms with Crippen LogP contribution in [0, 0.1) is 6.92 Å². The molecule has 140 valence electrons.